The topological polar surface area (TPSA) is 234 Å². The zero-order chi connectivity index (χ0) is 28.1. The number of aliphatic carboxylic acids is 1. The number of aliphatic hydroxyl groups excluding tert-OH is 2. The highest BCUT2D eigenvalue weighted by atomic mass is 35.5. The molecule has 1 rings (SSSR count). The van der Waals surface area contributed by atoms with Gasteiger partial charge >= 0.3 is 11.9 Å². The standard InChI is InChI=1S/C20H24Cl2N4O11/c21-18(22)19(32)25-13(17(31)10-1-3-11(4-2-10)26(35)36)9-37-16(30)6-5-14(28)23-7-15(29)24-12(8-27)20(33)34/h1-4,12-13,17-18,27,31H,5-9H2,(H,23,28)(H,24,29)(H,25,32)(H,33,34)/t12-,13-,17-/m1/s1. The van der Waals surface area contributed by atoms with E-state index in [4.69, 9.17) is 38.2 Å². The zero-order valence-electron chi connectivity index (χ0n) is 19.0. The summed E-state index contributed by atoms with van der Waals surface area (Å²) in [6.07, 6.45) is -2.36. The summed E-state index contributed by atoms with van der Waals surface area (Å²) in [5.41, 5.74) is -0.0907. The predicted molar refractivity (Wildman–Crippen MR) is 125 cm³/mol. The average molecular weight is 567 g/mol. The van der Waals surface area contributed by atoms with Crippen LogP contribution in [0.3, 0.4) is 0 Å². The molecule has 1 aromatic carbocycles. The van der Waals surface area contributed by atoms with Gasteiger partial charge in [-0.05, 0) is 17.7 Å². The van der Waals surface area contributed by atoms with Gasteiger partial charge in [0.1, 0.15) is 18.8 Å². The summed E-state index contributed by atoms with van der Waals surface area (Å²) in [5, 5.41) is 45.4. The van der Waals surface area contributed by atoms with Crippen molar-refractivity contribution in [1.29, 1.82) is 0 Å². The zero-order valence-corrected chi connectivity index (χ0v) is 20.5. The van der Waals surface area contributed by atoms with E-state index in [1.807, 2.05) is 5.32 Å². The summed E-state index contributed by atoms with van der Waals surface area (Å²) < 4.78 is 5.00. The maximum atomic E-state index is 12.1. The monoisotopic (exact) mass is 566 g/mol. The number of carbonyl (C=O) groups is 5. The van der Waals surface area contributed by atoms with Crippen molar-refractivity contribution in [1.82, 2.24) is 16.0 Å². The SMILES string of the molecule is O=C(CCC(=O)OC[C@@H](NC(=O)C(Cl)Cl)[C@H](O)c1ccc([N+](=O)[O-])cc1)NCC(=O)N[C@H](CO)C(=O)O. The Kier molecular flexibility index (Phi) is 13.2. The van der Waals surface area contributed by atoms with Gasteiger partial charge in [-0.3, -0.25) is 29.3 Å². The molecule has 37 heavy (non-hydrogen) atoms. The van der Waals surface area contributed by atoms with Gasteiger partial charge in [-0.2, -0.15) is 0 Å². The van der Waals surface area contributed by atoms with E-state index in [9.17, 15) is 39.2 Å². The van der Waals surface area contributed by atoms with Crippen LogP contribution in [0, 0.1) is 10.1 Å². The molecule has 1 aromatic rings. The Bertz CT molecular complexity index is 991. The molecule has 0 aliphatic heterocycles. The summed E-state index contributed by atoms with van der Waals surface area (Å²) in [6.45, 7) is -2.03. The molecule has 0 spiro atoms. The van der Waals surface area contributed by atoms with Crippen LogP contribution in [-0.2, 0) is 28.7 Å². The number of benzene rings is 1. The smallest absolute Gasteiger partial charge is 0.328 e. The molecule has 0 aliphatic carbocycles. The van der Waals surface area contributed by atoms with E-state index in [0.29, 0.717) is 0 Å². The highest BCUT2D eigenvalue weighted by Gasteiger charge is 2.27. The van der Waals surface area contributed by atoms with Crippen molar-refractivity contribution < 1.29 is 49.0 Å². The number of hydrogen-bond donors (Lipinski definition) is 6. The van der Waals surface area contributed by atoms with Gasteiger partial charge in [-0.25, -0.2) is 4.79 Å². The van der Waals surface area contributed by atoms with Crippen LogP contribution in [0.4, 0.5) is 5.69 Å². The summed E-state index contributed by atoms with van der Waals surface area (Å²) in [7, 11) is 0. The lowest BCUT2D eigenvalue weighted by Crippen LogP contribution is -2.47. The molecule has 0 fully saturated rings. The van der Waals surface area contributed by atoms with Crippen LogP contribution >= 0.6 is 23.2 Å². The van der Waals surface area contributed by atoms with E-state index in [2.05, 4.69) is 10.6 Å². The minimum absolute atomic E-state index is 0.150. The summed E-state index contributed by atoms with van der Waals surface area (Å²) in [4.78, 5) is 66.8. The molecule has 0 aromatic heterocycles. The molecule has 0 saturated carbocycles. The first-order valence-electron chi connectivity index (χ1n) is 10.4. The quantitative estimate of drug-likeness (QED) is 0.0645. The molecule has 0 radical (unpaired) electrons. The van der Waals surface area contributed by atoms with Crippen molar-refractivity contribution in [3.8, 4) is 0 Å². The van der Waals surface area contributed by atoms with Crippen molar-refractivity contribution in [3.05, 3.63) is 39.9 Å². The first-order valence-corrected chi connectivity index (χ1v) is 11.3. The highest BCUT2D eigenvalue weighted by Crippen LogP contribution is 2.21. The Morgan fingerprint density at radius 1 is 1.03 bits per heavy atom. The van der Waals surface area contributed by atoms with E-state index >= 15 is 0 Å². The van der Waals surface area contributed by atoms with Gasteiger partial charge in [-0.15, -0.1) is 0 Å². The predicted octanol–water partition coefficient (Wildman–Crippen LogP) is -1.08. The van der Waals surface area contributed by atoms with Gasteiger partial charge in [0.15, 0.2) is 4.84 Å². The number of rotatable bonds is 15. The third kappa shape index (κ3) is 11.4. The first kappa shape index (κ1) is 31.5. The van der Waals surface area contributed by atoms with E-state index in [1.54, 1.807) is 0 Å². The maximum absolute atomic E-state index is 12.1. The lowest BCUT2D eigenvalue weighted by atomic mass is 10.0. The Labute approximate surface area is 219 Å². The number of halogens is 2. The second-order valence-corrected chi connectivity index (χ2v) is 8.41. The lowest BCUT2D eigenvalue weighted by molar-refractivity contribution is -0.384. The van der Waals surface area contributed by atoms with Gasteiger partial charge in [0, 0.05) is 18.6 Å². The van der Waals surface area contributed by atoms with Gasteiger partial charge in [0.05, 0.1) is 30.5 Å². The molecule has 0 unspecified atom stereocenters. The van der Waals surface area contributed by atoms with Crippen LogP contribution in [0.25, 0.3) is 0 Å². The second kappa shape index (κ2) is 15.6. The molecule has 6 N–H and O–H groups in total. The van der Waals surface area contributed by atoms with Crippen LogP contribution < -0.4 is 16.0 Å². The molecule has 15 nitrogen and oxygen atoms in total. The fourth-order valence-electron chi connectivity index (χ4n) is 2.65. The number of hydrogen-bond acceptors (Lipinski definition) is 10. The summed E-state index contributed by atoms with van der Waals surface area (Å²) in [5.74, 6) is -4.91. The maximum Gasteiger partial charge on any atom is 0.328 e. The molecule has 204 valence electrons. The largest absolute Gasteiger partial charge is 0.480 e. The molecular formula is C20H24Cl2N4O11. The summed E-state index contributed by atoms with van der Waals surface area (Å²) in [6, 6.07) is 1.93. The van der Waals surface area contributed by atoms with Crippen molar-refractivity contribution in [2.75, 3.05) is 19.8 Å². The third-order valence-corrected chi connectivity index (χ3v) is 4.99. The van der Waals surface area contributed by atoms with Crippen LogP contribution in [-0.4, -0.2) is 86.6 Å². The van der Waals surface area contributed by atoms with E-state index < -0.39 is 90.2 Å². The number of nitro groups is 1. The van der Waals surface area contributed by atoms with E-state index in [1.165, 1.54) is 12.1 Å². The Morgan fingerprint density at radius 3 is 2.16 bits per heavy atom. The number of carboxylic acid groups (broad SMARTS) is 1. The minimum Gasteiger partial charge on any atom is -0.480 e. The van der Waals surface area contributed by atoms with Crippen LogP contribution in [0.15, 0.2) is 24.3 Å². The van der Waals surface area contributed by atoms with Crippen molar-refractivity contribution in [2.24, 2.45) is 0 Å². The van der Waals surface area contributed by atoms with Gasteiger partial charge in [0.25, 0.3) is 11.6 Å². The van der Waals surface area contributed by atoms with E-state index in [-0.39, 0.29) is 11.3 Å². The number of nitrogens with one attached hydrogen (secondary N) is 3. The number of carbonyl (C=O) groups excluding carboxylic acids is 4. The average Bonchev–Trinajstić information content (AvgIpc) is 2.86. The fraction of sp³-hybridized carbons (Fsp3) is 0.450. The van der Waals surface area contributed by atoms with Gasteiger partial charge in [0.2, 0.25) is 11.8 Å². The summed E-state index contributed by atoms with van der Waals surface area (Å²) >= 11 is 11.0. The van der Waals surface area contributed by atoms with Crippen molar-refractivity contribution >= 4 is 58.5 Å². The normalized spacial score (nSPS) is 13.1. The van der Waals surface area contributed by atoms with Crippen LogP contribution in [0.1, 0.15) is 24.5 Å². The molecule has 0 saturated heterocycles. The van der Waals surface area contributed by atoms with Crippen molar-refractivity contribution in [3.63, 3.8) is 0 Å². The van der Waals surface area contributed by atoms with E-state index in [0.717, 1.165) is 12.1 Å². The number of esters is 1. The molecule has 0 heterocycles. The second-order valence-electron chi connectivity index (χ2n) is 7.31. The lowest BCUT2D eigenvalue weighted by Gasteiger charge is -2.24. The number of alkyl halides is 2. The molecule has 17 heteroatoms. The Hall–Kier alpha value is -3.53. The van der Waals surface area contributed by atoms with Crippen molar-refractivity contribution in [2.45, 2.75) is 35.9 Å². The molecule has 0 aliphatic rings. The Morgan fingerprint density at radius 2 is 1.65 bits per heavy atom. The Balaban J connectivity index is 2.62. The minimum atomic E-state index is -1.54. The molecule has 3 amide bonds. The number of nitro benzene ring substituents is 1. The first-order chi connectivity index (χ1) is 17.3. The van der Waals surface area contributed by atoms with Crippen LogP contribution in [0.5, 0.6) is 0 Å². The number of non-ortho nitro benzene ring substituents is 1. The number of carboxylic acids is 1. The number of nitrogens with zero attached hydrogens (tertiary/aromatic N) is 1. The van der Waals surface area contributed by atoms with Crippen LogP contribution in [0.2, 0.25) is 0 Å². The molecular weight excluding hydrogens is 543 g/mol. The third-order valence-electron chi connectivity index (χ3n) is 4.59. The molecule has 3 atom stereocenters. The van der Waals surface area contributed by atoms with Gasteiger partial charge in [-0.1, -0.05) is 23.2 Å². The fourth-order valence-corrected chi connectivity index (χ4v) is 2.78. The molecule has 0 bridgehead atoms. The number of aliphatic hydroxyl groups is 2. The number of amides is 3. The van der Waals surface area contributed by atoms with Gasteiger partial charge < -0.3 is 36.0 Å². The highest BCUT2D eigenvalue weighted by molar-refractivity contribution is 6.53. The number of ether oxygens (including phenoxy) is 1.